The molecule has 0 saturated carbocycles. The van der Waals surface area contributed by atoms with E-state index in [1.54, 1.807) is 12.1 Å². The number of aromatic hydroxyl groups is 1. The second kappa shape index (κ2) is 8.56. The van der Waals surface area contributed by atoms with E-state index in [4.69, 9.17) is 9.31 Å². The largest absolute Gasteiger partial charge is 0.508 e. The molecule has 1 saturated heterocycles. The van der Waals surface area contributed by atoms with E-state index in [1.165, 1.54) is 0 Å². The second-order valence-corrected chi connectivity index (χ2v) is 16.8. The van der Waals surface area contributed by atoms with E-state index in [-0.39, 0.29) is 5.75 Å². The van der Waals surface area contributed by atoms with E-state index in [1.807, 2.05) is 39.8 Å². The normalized spacial score (nSPS) is 18.0. The lowest BCUT2D eigenvalue weighted by Crippen LogP contribution is -2.43. The third kappa shape index (κ3) is 4.14. The van der Waals surface area contributed by atoms with Crippen LogP contribution < -0.4 is 5.46 Å². The van der Waals surface area contributed by atoms with Crippen molar-refractivity contribution in [1.29, 1.82) is 0 Å². The summed E-state index contributed by atoms with van der Waals surface area (Å²) in [5.41, 5.74) is 6.46. The van der Waals surface area contributed by atoms with Gasteiger partial charge in [0.05, 0.1) is 11.2 Å². The molecule has 172 valence electrons. The van der Waals surface area contributed by atoms with Crippen molar-refractivity contribution in [3.05, 3.63) is 35.9 Å². The van der Waals surface area contributed by atoms with Gasteiger partial charge in [0.1, 0.15) is 13.8 Å². The van der Waals surface area contributed by atoms with Gasteiger partial charge in [0.25, 0.3) is 0 Å². The Balaban J connectivity index is 2.23. The Bertz CT molecular complexity index is 1020. The van der Waals surface area contributed by atoms with Crippen LogP contribution in [0.1, 0.15) is 74.8 Å². The molecule has 0 unspecified atom stereocenters. The summed E-state index contributed by atoms with van der Waals surface area (Å²) in [6.07, 6.45) is 0. The highest BCUT2D eigenvalue weighted by atomic mass is 28.3. The van der Waals surface area contributed by atoms with Crippen LogP contribution >= 0.6 is 0 Å². The number of phenols is 1. The van der Waals surface area contributed by atoms with Gasteiger partial charge in [0.2, 0.25) is 0 Å². The van der Waals surface area contributed by atoms with Crippen LogP contribution in [-0.4, -0.2) is 31.5 Å². The molecule has 5 heteroatoms. The summed E-state index contributed by atoms with van der Waals surface area (Å²) in [5.74, 6) is 3.83. The summed E-state index contributed by atoms with van der Waals surface area (Å²) in [6.45, 7) is 22.2. The molecule has 3 nitrogen and oxygen atoms in total. The zero-order valence-corrected chi connectivity index (χ0v) is 22.5. The molecule has 1 fully saturated rings. The van der Waals surface area contributed by atoms with Crippen LogP contribution in [-0.2, 0) is 9.31 Å². The summed E-state index contributed by atoms with van der Waals surface area (Å²) in [4.78, 5) is 0. The van der Waals surface area contributed by atoms with Gasteiger partial charge in [-0.15, -0.1) is 5.54 Å². The average Bonchev–Trinajstić information content (AvgIpc) is 2.87. The predicted octanol–water partition coefficient (Wildman–Crippen LogP) is 6.41. The Hall–Kier alpha value is -1.74. The molecule has 1 heterocycles. The number of hydrogen-bond acceptors (Lipinski definition) is 3. The fourth-order valence-electron chi connectivity index (χ4n) is 5.31. The minimum atomic E-state index is -1.88. The lowest BCUT2D eigenvalue weighted by Gasteiger charge is -2.38. The van der Waals surface area contributed by atoms with E-state index in [0.717, 1.165) is 21.8 Å². The number of rotatable bonds is 4. The van der Waals surface area contributed by atoms with Crippen molar-refractivity contribution in [2.24, 2.45) is 0 Å². The van der Waals surface area contributed by atoms with Crippen molar-refractivity contribution in [3.63, 3.8) is 0 Å². The molecule has 2 aromatic rings. The van der Waals surface area contributed by atoms with Gasteiger partial charge in [0, 0.05) is 5.56 Å². The highest BCUT2D eigenvalue weighted by Crippen LogP contribution is 2.41. The van der Waals surface area contributed by atoms with E-state index < -0.39 is 26.4 Å². The molecule has 0 atom stereocenters. The van der Waals surface area contributed by atoms with Crippen LogP contribution in [0.2, 0.25) is 16.6 Å². The Morgan fingerprint density at radius 2 is 1.41 bits per heavy atom. The molecule has 1 aliphatic heterocycles. The lowest BCUT2D eigenvalue weighted by molar-refractivity contribution is 0.00578. The van der Waals surface area contributed by atoms with Crippen molar-refractivity contribution < 1.29 is 14.4 Å². The van der Waals surface area contributed by atoms with Gasteiger partial charge in [-0.05, 0) is 78.8 Å². The summed E-state index contributed by atoms with van der Waals surface area (Å²) >= 11 is 0. The van der Waals surface area contributed by atoms with Crippen molar-refractivity contribution in [2.45, 2.75) is 97.1 Å². The van der Waals surface area contributed by atoms with Gasteiger partial charge >= 0.3 is 7.12 Å². The predicted molar refractivity (Wildman–Crippen MR) is 139 cm³/mol. The van der Waals surface area contributed by atoms with Crippen molar-refractivity contribution in [3.8, 4) is 17.2 Å². The molecule has 3 rings (SSSR count). The SMILES string of the molecule is CC(C)[Si](C#Cc1cccc2cc(O)cc(B3OC(C)(C)C(C)(C)O3)c12)(C(C)C)C(C)C. The number of hydrogen-bond donors (Lipinski definition) is 1. The molecular formula is C27H39BO3Si. The summed E-state index contributed by atoms with van der Waals surface area (Å²) in [7, 11) is -2.43. The standard InChI is InChI=1S/C27H39BO3Si/c1-18(2)32(19(3)4,20(5)6)15-14-21-12-11-13-22-16-23(29)17-24(25(21)22)28-30-26(7,8)27(9,10)31-28/h11-13,16-20,29H,1-10H3. The molecule has 0 bridgehead atoms. The first-order chi connectivity index (χ1) is 14.7. The van der Waals surface area contributed by atoms with Gasteiger partial charge in [0.15, 0.2) is 0 Å². The second-order valence-electron chi connectivity index (χ2n) is 11.2. The molecule has 0 spiro atoms. The molecule has 0 aromatic heterocycles. The van der Waals surface area contributed by atoms with E-state index in [2.05, 4.69) is 59.1 Å². The van der Waals surface area contributed by atoms with Crippen molar-refractivity contribution in [2.75, 3.05) is 0 Å². The van der Waals surface area contributed by atoms with Crippen LogP contribution in [0.25, 0.3) is 10.8 Å². The molecule has 1 aliphatic rings. The zero-order chi connectivity index (χ0) is 24.1. The van der Waals surface area contributed by atoms with E-state index in [9.17, 15) is 5.11 Å². The van der Waals surface area contributed by atoms with E-state index >= 15 is 0 Å². The topological polar surface area (TPSA) is 38.7 Å². The average molecular weight is 451 g/mol. The van der Waals surface area contributed by atoms with E-state index in [0.29, 0.717) is 16.6 Å². The molecule has 0 aliphatic carbocycles. The third-order valence-corrected chi connectivity index (χ3v) is 14.1. The first-order valence-electron chi connectivity index (χ1n) is 11.9. The smallest absolute Gasteiger partial charge is 0.495 e. The Kier molecular flexibility index (Phi) is 6.66. The van der Waals surface area contributed by atoms with Gasteiger partial charge in [-0.2, -0.15) is 0 Å². The highest BCUT2D eigenvalue weighted by Gasteiger charge is 2.52. The quantitative estimate of drug-likeness (QED) is 0.432. The minimum Gasteiger partial charge on any atom is -0.508 e. The summed E-state index contributed by atoms with van der Waals surface area (Å²) in [5, 5.41) is 12.4. The Labute approximate surface area is 196 Å². The molecule has 0 radical (unpaired) electrons. The van der Waals surface area contributed by atoms with Crippen LogP contribution in [0, 0.1) is 11.5 Å². The number of fused-ring (bicyclic) bond motifs is 1. The third-order valence-electron chi connectivity index (χ3n) is 7.78. The van der Waals surface area contributed by atoms with Gasteiger partial charge in [-0.25, -0.2) is 0 Å². The summed E-state index contributed by atoms with van der Waals surface area (Å²) in [6, 6.07) is 9.69. The first kappa shape index (κ1) is 24.9. The Morgan fingerprint density at radius 3 is 1.91 bits per heavy atom. The van der Waals surface area contributed by atoms with Crippen molar-refractivity contribution >= 4 is 31.4 Å². The maximum Gasteiger partial charge on any atom is 0.495 e. The number of benzene rings is 2. The van der Waals surface area contributed by atoms with Gasteiger partial charge < -0.3 is 14.4 Å². The molecule has 0 amide bonds. The maximum absolute atomic E-state index is 10.5. The first-order valence-corrected chi connectivity index (χ1v) is 14.1. The van der Waals surface area contributed by atoms with Crippen LogP contribution in [0.3, 0.4) is 0 Å². The van der Waals surface area contributed by atoms with Crippen molar-refractivity contribution in [1.82, 2.24) is 0 Å². The minimum absolute atomic E-state index is 0.211. The number of phenolic OH excluding ortho intramolecular Hbond substituents is 1. The monoisotopic (exact) mass is 450 g/mol. The zero-order valence-electron chi connectivity index (χ0n) is 21.5. The molecule has 1 N–H and O–H groups in total. The lowest BCUT2D eigenvalue weighted by atomic mass is 9.75. The maximum atomic E-state index is 10.5. The Morgan fingerprint density at radius 1 is 0.875 bits per heavy atom. The highest BCUT2D eigenvalue weighted by molar-refractivity contribution is 6.90. The van der Waals surface area contributed by atoms with Gasteiger partial charge in [-0.1, -0.05) is 59.6 Å². The van der Waals surface area contributed by atoms with Gasteiger partial charge in [-0.3, -0.25) is 0 Å². The fraction of sp³-hybridized carbons (Fsp3) is 0.556. The molecule has 2 aromatic carbocycles. The van der Waals surface area contributed by atoms with Crippen LogP contribution in [0.5, 0.6) is 5.75 Å². The fourth-order valence-corrected chi connectivity index (χ4v) is 10.5. The van der Waals surface area contributed by atoms with Crippen LogP contribution in [0.15, 0.2) is 30.3 Å². The molecular weight excluding hydrogens is 411 g/mol. The summed E-state index contributed by atoms with van der Waals surface area (Å²) < 4.78 is 12.7. The molecule has 32 heavy (non-hydrogen) atoms. The van der Waals surface area contributed by atoms with Crippen LogP contribution in [0.4, 0.5) is 0 Å².